The van der Waals surface area contributed by atoms with Gasteiger partial charge in [-0.2, -0.15) is 0 Å². The molecule has 1 aromatic rings. The molecule has 0 N–H and O–H groups in total. The van der Waals surface area contributed by atoms with Crippen LogP contribution in [0.25, 0.3) is 0 Å². The molecule has 0 radical (unpaired) electrons. The molecule has 0 amide bonds. The standard InChI is InChI=1S/C15H20NO4.3C4H9.Sn/c1-4-19-14(17)10-16(11-15(18)20-5-2)13-9-7-6-8-12(13)3;3*1-3-4-2;/h6,8-9H,4-5,10-11H2,1-3H3;3*1,3-4H2,2H3;. The summed E-state index contributed by atoms with van der Waals surface area (Å²) in [5.41, 5.74) is 2.05. The number of hydrogen-bond donors (Lipinski definition) is 0. The van der Waals surface area contributed by atoms with Gasteiger partial charge in [-0.05, 0) is 0 Å². The van der Waals surface area contributed by atoms with Crippen molar-refractivity contribution in [2.24, 2.45) is 0 Å². The Kier molecular flexibility index (Phi) is 14.8. The fraction of sp³-hybridized carbons (Fsp3) is 0.704. The number of nitrogens with zero attached hydrogens (tertiary/aromatic N) is 1. The van der Waals surface area contributed by atoms with Gasteiger partial charge in [-0.15, -0.1) is 0 Å². The molecule has 0 spiro atoms. The number of aryl methyl sites for hydroxylation is 1. The second-order valence-corrected chi connectivity index (χ2v) is 22.3. The van der Waals surface area contributed by atoms with Crippen molar-refractivity contribution >= 4 is 39.6 Å². The molecule has 0 aliphatic rings. The number of benzene rings is 1. The quantitative estimate of drug-likeness (QED) is 0.171. The maximum atomic E-state index is 12.4. The summed E-state index contributed by atoms with van der Waals surface area (Å²) in [6.45, 7) is 13.3. The van der Waals surface area contributed by atoms with Crippen LogP contribution in [0.5, 0.6) is 0 Å². The van der Waals surface area contributed by atoms with E-state index in [9.17, 15) is 9.59 Å². The Labute approximate surface area is 206 Å². The molecular weight excluding hydrogens is 521 g/mol. The van der Waals surface area contributed by atoms with E-state index < -0.39 is 18.4 Å². The second-order valence-electron chi connectivity index (χ2n) is 9.06. The number of anilines is 1. The number of carbonyl (C=O) groups is 2. The van der Waals surface area contributed by atoms with E-state index in [-0.39, 0.29) is 25.0 Å². The normalized spacial score (nSPS) is 11.3. The zero-order valence-electron chi connectivity index (χ0n) is 22.0. The minimum absolute atomic E-state index is 0.0539. The van der Waals surface area contributed by atoms with Crippen LogP contribution in [0.2, 0.25) is 13.3 Å². The van der Waals surface area contributed by atoms with Crippen molar-refractivity contribution in [1.29, 1.82) is 0 Å². The van der Waals surface area contributed by atoms with Crippen molar-refractivity contribution in [3.63, 3.8) is 0 Å². The molecule has 0 saturated carbocycles. The number of carbonyl (C=O) groups excluding carboxylic acids is 2. The fourth-order valence-electron chi connectivity index (χ4n) is 4.58. The molecule has 0 aromatic heterocycles. The number of unbranched alkanes of at least 4 members (excludes halogenated alkanes) is 3. The van der Waals surface area contributed by atoms with E-state index in [4.69, 9.17) is 9.47 Å². The summed E-state index contributed by atoms with van der Waals surface area (Å²) in [5.74, 6) is -0.631. The first kappa shape index (κ1) is 29.8. The van der Waals surface area contributed by atoms with Gasteiger partial charge in [-0.3, -0.25) is 0 Å². The number of ether oxygens (including phenoxy) is 2. The van der Waals surface area contributed by atoms with Crippen LogP contribution in [0.1, 0.15) is 78.7 Å². The van der Waals surface area contributed by atoms with Crippen molar-refractivity contribution in [2.45, 2.75) is 93.4 Å². The third kappa shape index (κ3) is 9.87. The van der Waals surface area contributed by atoms with Crippen LogP contribution in [0.3, 0.4) is 0 Å². The molecule has 0 unspecified atom stereocenters. The minimum atomic E-state index is -2.64. The van der Waals surface area contributed by atoms with Gasteiger partial charge >= 0.3 is 207 Å². The van der Waals surface area contributed by atoms with Crippen LogP contribution in [0, 0.1) is 6.92 Å². The summed E-state index contributed by atoms with van der Waals surface area (Å²) >= 11 is -2.64. The molecular formula is C27H47NO4Sn. The molecule has 0 fully saturated rings. The first-order chi connectivity index (χ1) is 15.9. The van der Waals surface area contributed by atoms with Gasteiger partial charge in [0.25, 0.3) is 0 Å². The maximum absolute atomic E-state index is 12.4. The van der Waals surface area contributed by atoms with Crippen LogP contribution < -0.4 is 8.48 Å². The Morgan fingerprint density at radius 1 is 0.788 bits per heavy atom. The third-order valence-electron chi connectivity index (χ3n) is 6.44. The summed E-state index contributed by atoms with van der Waals surface area (Å²) in [4.78, 5) is 26.6. The first-order valence-corrected chi connectivity index (χ1v) is 20.5. The average Bonchev–Trinajstić information content (AvgIpc) is 2.79. The zero-order valence-corrected chi connectivity index (χ0v) is 24.9. The van der Waals surface area contributed by atoms with Crippen molar-refractivity contribution in [2.75, 3.05) is 31.2 Å². The third-order valence-corrected chi connectivity index (χ3v) is 22.0. The SMILES string of the molecule is CCC[CH2][Sn]([CH2]CCC)([CH2]CCC)[c]1ccc(C)c(N(CC(=O)OCC)CC(=O)OCC)c1. The average molecular weight is 568 g/mol. The summed E-state index contributed by atoms with van der Waals surface area (Å²) in [6.07, 6.45) is 7.57. The van der Waals surface area contributed by atoms with Gasteiger partial charge in [0.2, 0.25) is 0 Å². The van der Waals surface area contributed by atoms with E-state index in [1.807, 2.05) is 4.90 Å². The van der Waals surface area contributed by atoms with Gasteiger partial charge in [0, 0.05) is 0 Å². The summed E-state index contributed by atoms with van der Waals surface area (Å²) in [6, 6.07) is 6.89. The van der Waals surface area contributed by atoms with Gasteiger partial charge in [0.1, 0.15) is 0 Å². The monoisotopic (exact) mass is 569 g/mol. The summed E-state index contributed by atoms with van der Waals surface area (Å²) in [7, 11) is 0. The molecule has 188 valence electrons. The van der Waals surface area contributed by atoms with Crippen LogP contribution in [-0.4, -0.2) is 56.6 Å². The molecule has 6 heteroatoms. The molecule has 0 heterocycles. The van der Waals surface area contributed by atoms with Crippen LogP contribution >= 0.6 is 0 Å². The topological polar surface area (TPSA) is 55.8 Å². The molecule has 0 saturated heterocycles. The molecule has 0 aliphatic carbocycles. The molecule has 1 rings (SSSR count). The molecule has 0 aliphatic heterocycles. The van der Waals surface area contributed by atoms with E-state index in [2.05, 4.69) is 45.9 Å². The molecule has 5 nitrogen and oxygen atoms in total. The Morgan fingerprint density at radius 2 is 1.24 bits per heavy atom. The molecule has 0 atom stereocenters. The molecule has 1 aromatic carbocycles. The van der Waals surface area contributed by atoms with Gasteiger partial charge < -0.3 is 0 Å². The molecule has 0 bridgehead atoms. The fourth-order valence-corrected chi connectivity index (χ4v) is 20.5. The van der Waals surface area contributed by atoms with Crippen molar-refractivity contribution in [3.8, 4) is 0 Å². The second kappa shape index (κ2) is 16.4. The van der Waals surface area contributed by atoms with E-state index in [1.54, 1.807) is 13.8 Å². The van der Waals surface area contributed by atoms with E-state index in [0.717, 1.165) is 11.3 Å². The van der Waals surface area contributed by atoms with Gasteiger partial charge in [0.05, 0.1) is 0 Å². The van der Waals surface area contributed by atoms with Crippen LogP contribution in [0.4, 0.5) is 5.69 Å². The Bertz CT molecular complexity index is 680. The zero-order chi connectivity index (χ0) is 24.7. The summed E-state index contributed by atoms with van der Waals surface area (Å²) in [5, 5.41) is 0. The molecule has 33 heavy (non-hydrogen) atoms. The van der Waals surface area contributed by atoms with Gasteiger partial charge in [0.15, 0.2) is 0 Å². The Morgan fingerprint density at radius 3 is 1.64 bits per heavy atom. The van der Waals surface area contributed by atoms with E-state index in [1.165, 1.54) is 55.4 Å². The van der Waals surface area contributed by atoms with Gasteiger partial charge in [-0.25, -0.2) is 0 Å². The van der Waals surface area contributed by atoms with Crippen molar-refractivity contribution in [3.05, 3.63) is 23.8 Å². The van der Waals surface area contributed by atoms with Crippen molar-refractivity contribution < 1.29 is 19.1 Å². The number of rotatable bonds is 17. The first-order valence-electron chi connectivity index (χ1n) is 13.0. The van der Waals surface area contributed by atoms with E-state index in [0.29, 0.717) is 13.2 Å². The van der Waals surface area contributed by atoms with E-state index >= 15 is 0 Å². The van der Waals surface area contributed by atoms with Crippen molar-refractivity contribution in [1.82, 2.24) is 0 Å². The predicted molar refractivity (Wildman–Crippen MR) is 141 cm³/mol. The number of hydrogen-bond acceptors (Lipinski definition) is 5. The predicted octanol–water partition coefficient (Wildman–Crippen LogP) is 5.98. The van der Waals surface area contributed by atoms with Gasteiger partial charge in [-0.1, -0.05) is 0 Å². The number of esters is 2. The van der Waals surface area contributed by atoms with Crippen LogP contribution in [-0.2, 0) is 19.1 Å². The summed E-state index contributed by atoms with van der Waals surface area (Å²) < 4.78 is 16.1. The van der Waals surface area contributed by atoms with Crippen LogP contribution in [0.15, 0.2) is 18.2 Å². The Balaban J connectivity index is 3.47. The Hall–Kier alpha value is -1.24.